The molecule has 0 bridgehead atoms. The molecule has 3 rings (SSSR count). The number of carboxylic acids is 1. The maximum atomic E-state index is 12.0. The van der Waals surface area contributed by atoms with Crippen LogP contribution in [0.25, 0.3) is 11.1 Å². The molecule has 1 N–H and O–H groups in total. The van der Waals surface area contributed by atoms with Gasteiger partial charge in [0, 0.05) is 0 Å². The first-order chi connectivity index (χ1) is 11.5. The van der Waals surface area contributed by atoms with E-state index in [4.69, 9.17) is 5.26 Å². The van der Waals surface area contributed by atoms with Crippen LogP contribution in [0, 0.1) is 11.3 Å². The molecule has 0 aromatic heterocycles. The summed E-state index contributed by atoms with van der Waals surface area (Å²) in [6.45, 7) is 1.58. The molecular formula is C20H20N2O2. The smallest absolute Gasteiger partial charge is 0.314 e. The second-order valence-electron chi connectivity index (χ2n) is 6.46. The zero-order valence-corrected chi connectivity index (χ0v) is 13.7. The molecule has 0 aliphatic carbocycles. The SMILES string of the molecule is CN1CCC(C(=O)O)(c2ccc(-c3cccc(C#N)c3)cc2)CC1. The maximum Gasteiger partial charge on any atom is 0.314 e. The van der Waals surface area contributed by atoms with Crippen LogP contribution in [-0.4, -0.2) is 36.1 Å². The summed E-state index contributed by atoms with van der Waals surface area (Å²) in [6, 6.07) is 17.3. The van der Waals surface area contributed by atoms with Crippen molar-refractivity contribution in [1.29, 1.82) is 5.26 Å². The predicted molar refractivity (Wildman–Crippen MR) is 92.6 cm³/mol. The lowest BCUT2D eigenvalue weighted by Gasteiger charge is -2.37. The van der Waals surface area contributed by atoms with Gasteiger partial charge in [-0.2, -0.15) is 5.26 Å². The van der Waals surface area contributed by atoms with Crippen molar-refractivity contribution in [2.45, 2.75) is 18.3 Å². The first-order valence-electron chi connectivity index (χ1n) is 8.08. The van der Waals surface area contributed by atoms with Crippen LogP contribution in [-0.2, 0) is 10.2 Å². The number of hydrogen-bond acceptors (Lipinski definition) is 3. The lowest BCUT2D eigenvalue weighted by Crippen LogP contribution is -2.46. The van der Waals surface area contributed by atoms with Gasteiger partial charge in [-0.25, -0.2) is 0 Å². The molecule has 2 aromatic rings. The van der Waals surface area contributed by atoms with Gasteiger partial charge in [0.25, 0.3) is 0 Å². The van der Waals surface area contributed by atoms with E-state index in [1.807, 2.05) is 49.5 Å². The van der Waals surface area contributed by atoms with Crippen LogP contribution in [0.4, 0.5) is 0 Å². The number of nitriles is 1. The van der Waals surface area contributed by atoms with Gasteiger partial charge >= 0.3 is 5.97 Å². The molecule has 4 nitrogen and oxygen atoms in total. The molecule has 0 amide bonds. The van der Waals surface area contributed by atoms with Gasteiger partial charge in [0.05, 0.1) is 17.0 Å². The number of piperidine rings is 1. The van der Waals surface area contributed by atoms with Gasteiger partial charge in [-0.1, -0.05) is 36.4 Å². The van der Waals surface area contributed by atoms with Crippen molar-refractivity contribution in [2.24, 2.45) is 0 Å². The number of hydrogen-bond donors (Lipinski definition) is 1. The third-order valence-corrected chi connectivity index (χ3v) is 5.01. The monoisotopic (exact) mass is 320 g/mol. The Morgan fingerprint density at radius 1 is 1.12 bits per heavy atom. The number of benzene rings is 2. The largest absolute Gasteiger partial charge is 0.481 e. The van der Waals surface area contributed by atoms with Crippen LogP contribution in [0.3, 0.4) is 0 Å². The molecule has 0 radical (unpaired) electrons. The van der Waals surface area contributed by atoms with Crippen molar-refractivity contribution in [2.75, 3.05) is 20.1 Å². The van der Waals surface area contributed by atoms with Gasteiger partial charge in [0.15, 0.2) is 0 Å². The van der Waals surface area contributed by atoms with Crippen molar-refractivity contribution >= 4 is 5.97 Å². The summed E-state index contributed by atoms with van der Waals surface area (Å²) >= 11 is 0. The second kappa shape index (κ2) is 6.46. The molecule has 4 heteroatoms. The van der Waals surface area contributed by atoms with Crippen LogP contribution < -0.4 is 0 Å². The molecule has 122 valence electrons. The highest BCUT2D eigenvalue weighted by Gasteiger charge is 2.42. The van der Waals surface area contributed by atoms with Gasteiger partial charge in [0.1, 0.15) is 0 Å². The Bertz CT molecular complexity index is 782. The van der Waals surface area contributed by atoms with Gasteiger partial charge in [-0.3, -0.25) is 4.79 Å². The lowest BCUT2D eigenvalue weighted by molar-refractivity contribution is -0.145. The van der Waals surface area contributed by atoms with Gasteiger partial charge in [0.2, 0.25) is 0 Å². The Balaban J connectivity index is 1.93. The predicted octanol–water partition coefficient (Wildman–Crippen LogP) is 3.27. The number of aliphatic carboxylic acids is 1. The second-order valence-corrected chi connectivity index (χ2v) is 6.46. The highest BCUT2D eigenvalue weighted by Crippen LogP contribution is 2.36. The van der Waals surface area contributed by atoms with Crippen LogP contribution in [0.1, 0.15) is 24.0 Å². The number of likely N-dealkylation sites (tertiary alicyclic amines) is 1. The van der Waals surface area contributed by atoms with E-state index in [2.05, 4.69) is 11.0 Å². The molecule has 0 saturated carbocycles. The number of rotatable bonds is 3. The van der Waals surface area contributed by atoms with E-state index >= 15 is 0 Å². The number of nitrogens with zero attached hydrogens (tertiary/aromatic N) is 2. The minimum atomic E-state index is -0.792. The summed E-state index contributed by atoms with van der Waals surface area (Å²) in [7, 11) is 2.02. The molecule has 0 spiro atoms. The Morgan fingerprint density at radius 3 is 2.38 bits per heavy atom. The average Bonchev–Trinajstić information content (AvgIpc) is 2.62. The fraction of sp³-hybridized carbons (Fsp3) is 0.300. The summed E-state index contributed by atoms with van der Waals surface area (Å²) in [5.41, 5.74) is 2.65. The van der Waals surface area contributed by atoms with Gasteiger partial charge in [-0.15, -0.1) is 0 Å². The molecule has 24 heavy (non-hydrogen) atoms. The summed E-state index contributed by atoms with van der Waals surface area (Å²) in [4.78, 5) is 14.1. The lowest BCUT2D eigenvalue weighted by atomic mass is 9.72. The molecule has 1 fully saturated rings. The topological polar surface area (TPSA) is 64.3 Å². The van der Waals surface area contributed by atoms with E-state index in [0.29, 0.717) is 18.4 Å². The van der Waals surface area contributed by atoms with Crippen molar-refractivity contribution < 1.29 is 9.90 Å². The summed E-state index contributed by atoms with van der Waals surface area (Å²) in [6.07, 6.45) is 1.25. The highest BCUT2D eigenvalue weighted by atomic mass is 16.4. The third kappa shape index (κ3) is 2.91. The van der Waals surface area contributed by atoms with Gasteiger partial charge in [-0.05, 0) is 61.8 Å². The van der Waals surface area contributed by atoms with Crippen molar-refractivity contribution in [3.05, 3.63) is 59.7 Å². The number of carboxylic acid groups (broad SMARTS) is 1. The quantitative estimate of drug-likeness (QED) is 0.942. The third-order valence-electron chi connectivity index (χ3n) is 5.01. The molecule has 1 aliphatic heterocycles. The molecule has 1 heterocycles. The van der Waals surface area contributed by atoms with E-state index < -0.39 is 11.4 Å². The molecule has 0 atom stereocenters. The maximum absolute atomic E-state index is 12.0. The van der Waals surface area contributed by atoms with E-state index in [9.17, 15) is 9.90 Å². The highest BCUT2D eigenvalue weighted by molar-refractivity contribution is 5.82. The van der Waals surface area contributed by atoms with E-state index in [0.717, 1.165) is 29.8 Å². The van der Waals surface area contributed by atoms with Crippen LogP contribution in [0.15, 0.2) is 48.5 Å². The molecular weight excluding hydrogens is 300 g/mol. The van der Waals surface area contributed by atoms with Crippen molar-refractivity contribution in [1.82, 2.24) is 4.90 Å². The molecule has 1 saturated heterocycles. The Kier molecular flexibility index (Phi) is 4.37. The zero-order chi connectivity index (χ0) is 17.2. The summed E-state index contributed by atoms with van der Waals surface area (Å²) in [5, 5.41) is 18.8. The zero-order valence-electron chi connectivity index (χ0n) is 13.7. The van der Waals surface area contributed by atoms with Crippen LogP contribution in [0.2, 0.25) is 0 Å². The van der Waals surface area contributed by atoms with E-state index in [1.165, 1.54) is 0 Å². The summed E-state index contributed by atoms with van der Waals surface area (Å²) < 4.78 is 0. The molecule has 1 aliphatic rings. The standard InChI is InChI=1S/C20H20N2O2/c1-22-11-9-20(10-12-22,19(23)24)18-7-5-16(6-8-18)17-4-2-3-15(13-17)14-21/h2-8,13H,9-12H2,1H3,(H,23,24). The Morgan fingerprint density at radius 2 is 1.79 bits per heavy atom. The molecule has 2 aromatic carbocycles. The normalized spacial score (nSPS) is 17.2. The average molecular weight is 320 g/mol. The van der Waals surface area contributed by atoms with E-state index in [-0.39, 0.29) is 0 Å². The minimum Gasteiger partial charge on any atom is -0.481 e. The Hall–Kier alpha value is -2.64. The summed E-state index contributed by atoms with van der Waals surface area (Å²) in [5.74, 6) is -0.741. The molecule has 0 unspecified atom stereocenters. The van der Waals surface area contributed by atoms with Crippen molar-refractivity contribution in [3.63, 3.8) is 0 Å². The first-order valence-corrected chi connectivity index (χ1v) is 8.08. The van der Waals surface area contributed by atoms with Crippen LogP contribution >= 0.6 is 0 Å². The minimum absolute atomic E-state index is 0.619. The first kappa shape index (κ1) is 16.2. The fourth-order valence-electron chi connectivity index (χ4n) is 3.38. The van der Waals surface area contributed by atoms with E-state index in [1.54, 1.807) is 6.07 Å². The Labute approximate surface area is 142 Å². The van der Waals surface area contributed by atoms with Gasteiger partial charge < -0.3 is 10.0 Å². The van der Waals surface area contributed by atoms with Crippen molar-refractivity contribution in [3.8, 4) is 17.2 Å². The fourth-order valence-corrected chi connectivity index (χ4v) is 3.38. The number of carbonyl (C=O) groups is 1. The van der Waals surface area contributed by atoms with Crippen LogP contribution in [0.5, 0.6) is 0 Å².